The van der Waals surface area contributed by atoms with Crippen LogP contribution in [0.3, 0.4) is 0 Å². The number of carbonyl (C=O) groups excluding carboxylic acids is 1. The van der Waals surface area contributed by atoms with Gasteiger partial charge < -0.3 is 19.9 Å². The van der Waals surface area contributed by atoms with E-state index in [1.54, 1.807) is 13.4 Å². The first-order valence-corrected chi connectivity index (χ1v) is 12.2. The number of rotatable bonds is 9. The molecule has 1 N–H and O–H groups in total. The highest BCUT2D eigenvalue weighted by molar-refractivity contribution is 7.99. The Morgan fingerprint density at radius 3 is 2.44 bits per heavy atom. The molecule has 1 fully saturated rings. The van der Waals surface area contributed by atoms with Crippen LogP contribution in [0.2, 0.25) is 0 Å². The van der Waals surface area contributed by atoms with Crippen LogP contribution in [0, 0.1) is 5.82 Å². The van der Waals surface area contributed by atoms with Gasteiger partial charge in [-0.25, -0.2) is 14.4 Å². The molecule has 2 aromatic carbocycles. The van der Waals surface area contributed by atoms with Gasteiger partial charge >= 0.3 is 0 Å². The second kappa shape index (κ2) is 11.7. The lowest BCUT2D eigenvalue weighted by molar-refractivity contribution is -0.118. The Kier molecular flexibility index (Phi) is 8.19. The zero-order chi connectivity index (χ0) is 23.8. The molecule has 0 atom stereocenters. The van der Waals surface area contributed by atoms with Crippen molar-refractivity contribution < 1.29 is 13.9 Å². The number of hydrogen-bond donors (Lipinski definition) is 1. The summed E-state index contributed by atoms with van der Waals surface area (Å²) in [5, 5.41) is 3.73. The van der Waals surface area contributed by atoms with Crippen LogP contribution in [0.1, 0.15) is 5.56 Å². The number of aromatic nitrogens is 2. The molecule has 0 spiro atoms. The predicted octanol–water partition coefficient (Wildman–Crippen LogP) is 3.40. The van der Waals surface area contributed by atoms with E-state index in [0.29, 0.717) is 12.3 Å². The number of hydrogen-bond acceptors (Lipinski definition) is 7. The number of amides is 1. The molecule has 4 rings (SSSR count). The molecule has 7 nitrogen and oxygen atoms in total. The predicted molar refractivity (Wildman–Crippen MR) is 133 cm³/mol. The van der Waals surface area contributed by atoms with E-state index in [9.17, 15) is 9.18 Å². The standard InChI is InChI=1S/C25H28FN5O2S/c1-33-22-8-2-19(3-9-22)10-11-27-24(32)17-34-25-16-23(28-18-29-25)31-14-12-30(13-15-31)21-6-4-20(26)5-7-21/h2-9,16,18H,10-15,17H2,1H3,(H,27,32). The van der Waals surface area contributed by atoms with Crippen molar-refractivity contribution in [2.45, 2.75) is 11.4 Å². The Morgan fingerprint density at radius 1 is 1.03 bits per heavy atom. The molecule has 0 aliphatic carbocycles. The topological polar surface area (TPSA) is 70.6 Å². The molecule has 0 saturated carbocycles. The lowest BCUT2D eigenvalue weighted by Gasteiger charge is -2.36. The van der Waals surface area contributed by atoms with E-state index in [4.69, 9.17) is 4.74 Å². The monoisotopic (exact) mass is 481 g/mol. The summed E-state index contributed by atoms with van der Waals surface area (Å²) in [7, 11) is 1.64. The van der Waals surface area contributed by atoms with Crippen LogP contribution < -0.4 is 19.9 Å². The first kappa shape index (κ1) is 23.8. The third-order valence-corrected chi connectivity index (χ3v) is 6.59. The summed E-state index contributed by atoms with van der Waals surface area (Å²) in [5.74, 6) is 1.74. The molecule has 9 heteroatoms. The number of nitrogens with one attached hydrogen (secondary N) is 1. The minimum absolute atomic E-state index is 0.0217. The van der Waals surface area contributed by atoms with Gasteiger partial charge in [-0.05, 0) is 48.4 Å². The smallest absolute Gasteiger partial charge is 0.230 e. The normalized spacial score (nSPS) is 13.6. The van der Waals surface area contributed by atoms with Crippen LogP contribution in [0.4, 0.5) is 15.9 Å². The van der Waals surface area contributed by atoms with Crippen molar-refractivity contribution in [3.8, 4) is 5.75 Å². The number of methoxy groups -OCH3 is 1. The van der Waals surface area contributed by atoms with E-state index in [1.807, 2.05) is 42.5 Å². The zero-order valence-electron chi connectivity index (χ0n) is 19.1. The minimum atomic E-state index is -0.223. The molecule has 1 aromatic heterocycles. The van der Waals surface area contributed by atoms with Crippen LogP contribution in [-0.2, 0) is 11.2 Å². The Hall–Kier alpha value is -3.33. The summed E-state index contributed by atoms with van der Waals surface area (Å²) in [4.78, 5) is 25.4. The van der Waals surface area contributed by atoms with Gasteiger partial charge in [0.1, 0.15) is 28.7 Å². The number of nitrogens with zero attached hydrogens (tertiary/aromatic N) is 4. The van der Waals surface area contributed by atoms with Crippen molar-refractivity contribution in [2.24, 2.45) is 0 Å². The zero-order valence-corrected chi connectivity index (χ0v) is 19.9. The molecule has 0 radical (unpaired) electrons. The molecular weight excluding hydrogens is 453 g/mol. The van der Waals surface area contributed by atoms with Crippen molar-refractivity contribution in [1.82, 2.24) is 15.3 Å². The molecule has 0 bridgehead atoms. The van der Waals surface area contributed by atoms with Gasteiger partial charge in [0.15, 0.2) is 0 Å². The minimum Gasteiger partial charge on any atom is -0.497 e. The highest BCUT2D eigenvalue weighted by Gasteiger charge is 2.19. The van der Waals surface area contributed by atoms with Crippen molar-refractivity contribution in [3.63, 3.8) is 0 Å². The van der Waals surface area contributed by atoms with Crippen molar-refractivity contribution >= 4 is 29.2 Å². The average molecular weight is 482 g/mol. The van der Waals surface area contributed by atoms with Gasteiger partial charge in [0.25, 0.3) is 0 Å². The van der Waals surface area contributed by atoms with E-state index in [-0.39, 0.29) is 11.7 Å². The largest absolute Gasteiger partial charge is 0.497 e. The van der Waals surface area contributed by atoms with Crippen LogP contribution in [0.25, 0.3) is 0 Å². The van der Waals surface area contributed by atoms with E-state index >= 15 is 0 Å². The summed E-state index contributed by atoms with van der Waals surface area (Å²) >= 11 is 1.40. The molecule has 34 heavy (non-hydrogen) atoms. The maximum Gasteiger partial charge on any atom is 0.230 e. The number of carbonyl (C=O) groups is 1. The molecular formula is C25H28FN5O2S. The number of ether oxygens (including phenoxy) is 1. The number of benzene rings is 2. The lowest BCUT2D eigenvalue weighted by atomic mass is 10.1. The van der Waals surface area contributed by atoms with Gasteiger partial charge in [-0.15, -0.1) is 0 Å². The third kappa shape index (κ3) is 6.60. The van der Waals surface area contributed by atoms with Gasteiger partial charge in [-0.1, -0.05) is 23.9 Å². The van der Waals surface area contributed by atoms with Crippen LogP contribution >= 0.6 is 11.8 Å². The van der Waals surface area contributed by atoms with Crippen molar-refractivity contribution in [1.29, 1.82) is 0 Å². The maximum absolute atomic E-state index is 13.2. The first-order valence-electron chi connectivity index (χ1n) is 11.2. The second-order valence-corrected chi connectivity index (χ2v) is 8.90. The van der Waals surface area contributed by atoms with Gasteiger partial charge in [0.2, 0.25) is 5.91 Å². The number of thioether (sulfide) groups is 1. The fraction of sp³-hybridized carbons (Fsp3) is 0.320. The molecule has 1 amide bonds. The summed E-state index contributed by atoms with van der Waals surface area (Å²) in [6.07, 6.45) is 2.31. The molecule has 1 aliphatic heterocycles. The molecule has 1 saturated heterocycles. The average Bonchev–Trinajstić information content (AvgIpc) is 2.89. The fourth-order valence-electron chi connectivity index (χ4n) is 3.76. The summed E-state index contributed by atoms with van der Waals surface area (Å²) in [5.41, 5.74) is 2.17. The lowest BCUT2D eigenvalue weighted by Crippen LogP contribution is -2.46. The van der Waals surface area contributed by atoms with Gasteiger partial charge in [0, 0.05) is 44.5 Å². The molecule has 178 valence electrons. The molecule has 0 unspecified atom stereocenters. The van der Waals surface area contributed by atoms with E-state index in [0.717, 1.165) is 60.4 Å². The SMILES string of the molecule is COc1ccc(CCNC(=O)CSc2cc(N3CCN(c4ccc(F)cc4)CC3)ncn2)cc1. The fourth-order valence-corrected chi connectivity index (χ4v) is 4.45. The Bertz CT molecular complexity index is 1070. The van der Waals surface area contributed by atoms with Gasteiger partial charge in [-0.3, -0.25) is 4.79 Å². The summed E-state index contributed by atoms with van der Waals surface area (Å²) < 4.78 is 18.3. The summed E-state index contributed by atoms with van der Waals surface area (Å²) in [6, 6.07) is 16.4. The van der Waals surface area contributed by atoms with Crippen LogP contribution in [-0.4, -0.2) is 61.5 Å². The quantitative estimate of drug-likeness (QED) is 0.371. The molecule has 1 aliphatic rings. The Labute approximate surface area is 203 Å². The maximum atomic E-state index is 13.2. The first-order chi connectivity index (χ1) is 16.6. The highest BCUT2D eigenvalue weighted by Crippen LogP contribution is 2.22. The Balaban J connectivity index is 1.21. The van der Waals surface area contributed by atoms with Gasteiger partial charge in [-0.2, -0.15) is 0 Å². The van der Waals surface area contributed by atoms with Gasteiger partial charge in [0.05, 0.1) is 12.9 Å². The van der Waals surface area contributed by atoms with E-state index in [2.05, 4.69) is 25.1 Å². The third-order valence-electron chi connectivity index (χ3n) is 5.67. The number of anilines is 2. The molecule has 2 heterocycles. The number of piperazine rings is 1. The van der Waals surface area contributed by atoms with Crippen LogP contribution in [0.5, 0.6) is 5.75 Å². The van der Waals surface area contributed by atoms with Crippen LogP contribution in [0.15, 0.2) is 66.0 Å². The van der Waals surface area contributed by atoms with Crippen molar-refractivity contribution in [2.75, 3.05) is 55.4 Å². The summed E-state index contributed by atoms with van der Waals surface area (Å²) in [6.45, 7) is 3.86. The number of halogens is 1. The second-order valence-electron chi connectivity index (χ2n) is 7.90. The Morgan fingerprint density at radius 2 is 1.74 bits per heavy atom. The molecule has 3 aromatic rings. The highest BCUT2D eigenvalue weighted by atomic mass is 32.2. The van der Waals surface area contributed by atoms with Crippen molar-refractivity contribution in [3.05, 3.63) is 72.3 Å². The van der Waals surface area contributed by atoms with E-state index in [1.165, 1.54) is 23.9 Å². The van der Waals surface area contributed by atoms with E-state index < -0.39 is 0 Å².